The maximum absolute atomic E-state index is 11.8. The van der Waals surface area contributed by atoms with Gasteiger partial charge in [-0.2, -0.15) is 4.91 Å². The van der Waals surface area contributed by atoms with Crippen LogP contribution in [0.25, 0.3) is 5.70 Å². The number of sulfone groups is 1. The average molecular weight is 391 g/mol. The summed E-state index contributed by atoms with van der Waals surface area (Å²) in [4.78, 5) is 17.0. The molecular weight excluding hydrogens is 366 g/mol. The fourth-order valence-electron chi connectivity index (χ4n) is 2.74. The first-order valence-electron chi connectivity index (χ1n) is 8.62. The van der Waals surface area contributed by atoms with E-state index in [1.807, 2.05) is 6.92 Å². The van der Waals surface area contributed by atoms with E-state index in [9.17, 15) is 13.3 Å². The van der Waals surface area contributed by atoms with E-state index < -0.39 is 9.84 Å². The van der Waals surface area contributed by atoms with Crippen LogP contribution in [0.3, 0.4) is 0 Å². The van der Waals surface area contributed by atoms with Crippen LogP contribution in [0.1, 0.15) is 18.1 Å². The second kappa shape index (κ2) is 9.57. The molecule has 0 aromatic heterocycles. The van der Waals surface area contributed by atoms with Gasteiger partial charge in [-0.25, -0.2) is 8.42 Å². The van der Waals surface area contributed by atoms with Crippen molar-refractivity contribution in [1.29, 1.82) is 0 Å². The highest BCUT2D eigenvalue weighted by atomic mass is 32.2. The molecule has 0 saturated carbocycles. The van der Waals surface area contributed by atoms with Gasteiger partial charge in [0.2, 0.25) is 0 Å². The summed E-state index contributed by atoms with van der Waals surface area (Å²) in [5.74, 6) is -0.166. The zero-order valence-corrected chi connectivity index (χ0v) is 16.5. The molecule has 0 unspecified atom stereocenters. The van der Waals surface area contributed by atoms with E-state index in [1.165, 1.54) is 6.26 Å². The predicted molar refractivity (Wildman–Crippen MR) is 108 cm³/mol. The first kappa shape index (κ1) is 21.0. The minimum absolute atomic E-state index is 0.108. The molecule has 0 N–H and O–H groups in total. The van der Waals surface area contributed by atoms with Crippen molar-refractivity contribution in [3.8, 4) is 0 Å². The Bertz CT molecular complexity index is 836. The van der Waals surface area contributed by atoms with Crippen LogP contribution >= 0.6 is 0 Å². The molecule has 1 aliphatic rings. The lowest BCUT2D eigenvalue weighted by molar-refractivity contribution is 0.0538. The van der Waals surface area contributed by atoms with Crippen LogP contribution in [0.2, 0.25) is 0 Å². The van der Waals surface area contributed by atoms with Crippen molar-refractivity contribution in [2.24, 2.45) is 10.2 Å². The molecule has 2 rings (SSSR count). The highest BCUT2D eigenvalue weighted by Crippen LogP contribution is 2.17. The molecule has 0 radical (unpaired) electrons. The van der Waals surface area contributed by atoms with Crippen molar-refractivity contribution in [2.45, 2.75) is 13.5 Å². The lowest BCUT2D eigenvalue weighted by Gasteiger charge is -2.29. The SMILES string of the molecule is C=C(N=C(/C=C(\C)N1CCOCC1)CS(C)(=O)=O)c1ccc(CN=O)cc1. The molecule has 1 fully saturated rings. The zero-order valence-electron chi connectivity index (χ0n) is 15.7. The summed E-state index contributed by atoms with van der Waals surface area (Å²) in [6.45, 7) is 8.84. The van der Waals surface area contributed by atoms with Gasteiger partial charge in [-0.15, -0.1) is 0 Å². The smallest absolute Gasteiger partial charge is 0.153 e. The van der Waals surface area contributed by atoms with Crippen molar-refractivity contribution in [1.82, 2.24) is 4.90 Å². The van der Waals surface area contributed by atoms with Gasteiger partial charge in [0.05, 0.1) is 30.4 Å². The third kappa shape index (κ3) is 7.07. The highest BCUT2D eigenvalue weighted by Gasteiger charge is 2.14. The quantitative estimate of drug-likeness (QED) is 0.502. The highest BCUT2D eigenvalue weighted by molar-refractivity contribution is 7.91. The minimum Gasteiger partial charge on any atom is -0.378 e. The molecule has 0 spiro atoms. The summed E-state index contributed by atoms with van der Waals surface area (Å²) in [7, 11) is -3.25. The van der Waals surface area contributed by atoms with Crippen LogP contribution in [0.4, 0.5) is 0 Å². The van der Waals surface area contributed by atoms with Crippen LogP contribution in [-0.2, 0) is 21.1 Å². The number of rotatable bonds is 8. The lowest BCUT2D eigenvalue weighted by Crippen LogP contribution is -2.35. The third-order valence-corrected chi connectivity index (χ3v) is 4.93. The number of ether oxygens (including phenoxy) is 1. The topological polar surface area (TPSA) is 88.4 Å². The predicted octanol–water partition coefficient (Wildman–Crippen LogP) is 2.65. The minimum atomic E-state index is -3.25. The lowest BCUT2D eigenvalue weighted by atomic mass is 10.1. The number of allylic oxidation sites excluding steroid dienone is 2. The van der Waals surface area contributed by atoms with Crippen molar-refractivity contribution < 1.29 is 13.2 Å². The summed E-state index contributed by atoms with van der Waals surface area (Å²) < 4.78 is 29.0. The summed E-state index contributed by atoms with van der Waals surface area (Å²) in [5, 5.41) is 2.86. The Morgan fingerprint density at radius 2 is 1.89 bits per heavy atom. The molecular formula is C19H25N3O4S. The largest absolute Gasteiger partial charge is 0.378 e. The molecule has 1 aromatic rings. The normalized spacial score (nSPS) is 16.3. The summed E-state index contributed by atoms with van der Waals surface area (Å²) in [6.07, 6.45) is 2.98. The van der Waals surface area contributed by atoms with Crippen LogP contribution in [0.15, 0.2) is 52.8 Å². The second-order valence-electron chi connectivity index (χ2n) is 6.49. The molecule has 1 saturated heterocycles. The van der Waals surface area contributed by atoms with Gasteiger partial charge in [0.15, 0.2) is 9.84 Å². The monoisotopic (exact) mass is 391 g/mol. The van der Waals surface area contributed by atoms with Crippen LogP contribution in [-0.4, -0.2) is 57.3 Å². The molecule has 27 heavy (non-hydrogen) atoms. The van der Waals surface area contributed by atoms with Crippen LogP contribution in [0, 0.1) is 4.91 Å². The van der Waals surface area contributed by atoms with E-state index in [0.717, 1.165) is 29.9 Å². The molecule has 1 heterocycles. The van der Waals surface area contributed by atoms with Gasteiger partial charge in [-0.05, 0) is 24.1 Å². The summed E-state index contributed by atoms with van der Waals surface area (Å²) in [5.41, 5.74) is 3.40. The Morgan fingerprint density at radius 1 is 1.26 bits per heavy atom. The molecule has 0 aliphatic carbocycles. The molecule has 1 aliphatic heterocycles. The van der Waals surface area contributed by atoms with E-state index in [-0.39, 0.29) is 12.3 Å². The first-order chi connectivity index (χ1) is 12.8. The zero-order chi connectivity index (χ0) is 19.9. The molecule has 146 valence electrons. The van der Waals surface area contributed by atoms with Crippen molar-refractivity contribution in [2.75, 3.05) is 38.3 Å². The third-order valence-electron chi connectivity index (χ3n) is 4.11. The summed E-state index contributed by atoms with van der Waals surface area (Å²) in [6, 6.07) is 7.15. The number of morpholine rings is 1. The molecule has 8 heteroatoms. The van der Waals surface area contributed by atoms with Gasteiger partial charge >= 0.3 is 0 Å². The first-order valence-corrected chi connectivity index (χ1v) is 10.7. The second-order valence-corrected chi connectivity index (χ2v) is 8.63. The number of nitrogens with zero attached hydrogens (tertiary/aromatic N) is 3. The van der Waals surface area contributed by atoms with E-state index in [0.29, 0.717) is 24.6 Å². The summed E-state index contributed by atoms with van der Waals surface area (Å²) >= 11 is 0. The number of hydrogen-bond acceptors (Lipinski definition) is 7. The number of nitroso groups, excluding NO2 is 1. The maximum Gasteiger partial charge on any atom is 0.153 e. The molecule has 0 atom stereocenters. The van der Waals surface area contributed by atoms with E-state index >= 15 is 0 Å². The van der Waals surface area contributed by atoms with Gasteiger partial charge in [0.1, 0.15) is 6.54 Å². The number of hydrogen-bond donors (Lipinski definition) is 0. The van der Waals surface area contributed by atoms with E-state index in [4.69, 9.17) is 4.74 Å². The van der Waals surface area contributed by atoms with Crippen LogP contribution in [0.5, 0.6) is 0 Å². The standard InChI is InChI=1S/C19H25N3O4S/c1-15(22-8-10-26-11-9-22)12-19(14-27(3,24)25)21-16(2)18-6-4-17(5-7-18)13-20-23/h4-7,12H,2,8-11,13-14H2,1,3H3/b15-12+,21-19?. The van der Waals surface area contributed by atoms with Crippen molar-refractivity contribution in [3.63, 3.8) is 0 Å². The maximum atomic E-state index is 11.8. The Kier molecular flexibility index (Phi) is 7.44. The number of benzene rings is 1. The fourth-order valence-corrected chi connectivity index (χ4v) is 3.42. The molecule has 0 amide bonds. The Morgan fingerprint density at radius 3 is 2.44 bits per heavy atom. The molecule has 7 nitrogen and oxygen atoms in total. The van der Waals surface area contributed by atoms with E-state index in [2.05, 4.69) is 21.6 Å². The number of aliphatic imine (C=N–C) groups is 1. The Balaban J connectivity index is 2.25. The van der Waals surface area contributed by atoms with Gasteiger partial charge in [-0.3, -0.25) is 4.99 Å². The Labute approximate surface area is 160 Å². The molecule has 1 aromatic carbocycles. The van der Waals surface area contributed by atoms with E-state index in [1.54, 1.807) is 30.3 Å². The van der Waals surface area contributed by atoms with Crippen molar-refractivity contribution >= 4 is 21.2 Å². The Hall–Kier alpha value is -2.32. The average Bonchev–Trinajstić information content (AvgIpc) is 2.62. The van der Waals surface area contributed by atoms with Crippen LogP contribution < -0.4 is 0 Å². The molecule has 0 bridgehead atoms. The van der Waals surface area contributed by atoms with Gasteiger partial charge in [-0.1, -0.05) is 36.0 Å². The fraction of sp³-hybridized carbons (Fsp3) is 0.421. The van der Waals surface area contributed by atoms with Gasteiger partial charge < -0.3 is 9.64 Å². The van der Waals surface area contributed by atoms with Crippen molar-refractivity contribution in [3.05, 3.63) is 58.7 Å². The van der Waals surface area contributed by atoms with Gasteiger partial charge in [0, 0.05) is 25.0 Å². The van der Waals surface area contributed by atoms with Gasteiger partial charge in [0.25, 0.3) is 0 Å².